The second-order valence-electron chi connectivity index (χ2n) is 7.46. The normalized spacial score (nSPS) is 20.7. The van der Waals surface area contributed by atoms with Gasteiger partial charge in [-0.1, -0.05) is 17.3 Å². The van der Waals surface area contributed by atoms with Crippen molar-refractivity contribution in [2.45, 2.75) is 25.4 Å². The first-order valence-electron chi connectivity index (χ1n) is 10.0. The summed E-state index contributed by atoms with van der Waals surface area (Å²) in [5, 5.41) is 4.00. The third-order valence-corrected chi connectivity index (χ3v) is 5.34. The van der Waals surface area contributed by atoms with Crippen molar-refractivity contribution in [1.82, 2.24) is 25.0 Å². The van der Waals surface area contributed by atoms with Crippen LogP contribution < -0.4 is 9.47 Å². The number of ether oxygens (including phenoxy) is 2. The molecule has 2 aliphatic rings. The summed E-state index contributed by atoms with van der Waals surface area (Å²) in [4.78, 5) is 27.5. The number of piperidine rings is 1. The first kappa shape index (κ1) is 18.5. The first-order valence-corrected chi connectivity index (χ1v) is 10.0. The molecule has 5 rings (SSSR count). The molecule has 1 saturated heterocycles. The molecule has 0 bridgehead atoms. The van der Waals surface area contributed by atoms with E-state index in [0.29, 0.717) is 48.4 Å². The quantitative estimate of drug-likeness (QED) is 0.648. The van der Waals surface area contributed by atoms with Crippen LogP contribution in [0.25, 0.3) is 11.5 Å². The molecule has 1 aromatic carbocycles. The lowest BCUT2D eigenvalue weighted by Crippen LogP contribution is -2.50. The number of para-hydroxylation sites is 2. The van der Waals surface area contributed by atoms with Gasteiger partial charge in [0.25, 0.3) is 5.91 Å². The molecule has 4 heterocycles. The van der Waals surface area contributed by atoms with Gasteiger partial charge in [0.15, 0.2) is 11.5 Å². The lowest BCUT2D eigenvalue weighted by molar-refractivity contribution is -0.143. The zero-order valence-electron chi connectivity index (χ0n) is 16.3. The topological polar surface area (TPSA) is 103 Å². The number of hydrogen-bond donors (Lipinski definition) is 0. The van der Waals surface area contributed by atoms with E-state index >= 15 is 0 Å². The summed E-state index contributed by atoms with van der Waals surface area (Å²) in [6.45, 7) is 1.57. The molecule has 0 spiro atoms. The van der Waals surface area contributed by atoms with Crippen LogP contribution in [0.5, 0.6) is 11.5 Å². The van der Waals surface area contributed by atoms with Crippen LogP contribution in [0.1, 0.15) is 18.7 Å². The zero-order chi connectivity index (χ0) is 20.3. The Kier molecular flexibility index (Phi) is 5.00. The number of nitrogens with zero attached hydrogens (tertiary/aromatic N) is 5. The Balaban J connectivity index is 1.21. The number of likely N-dealkylation sites (tertiary alicyclic amines) is 1. The van der Waals surface area contributed by atoms with Crippen LogP contribution in [-0.2, 0) is 11.2 Å². The highest BCUT2D eigenvalue weighted by molar-refractivity contribution is 5.82. The van der Waals surface area contributed by atoms with Crippen LogP contribution in [0.2, 0.25) is 0 Å². The van der Waals surface area contributed by atoms with Crippen molar-refractivity contribution in [3.8, 4) is 23.0 Å². The molecule has 0 aliphatic carbocycles. The first-order chi connectivity index (χ1) is 14.8. The van der Waals surface area contributed by atoms with E-state index in [1.54, 1.807) is 18.6 Å². The molecule has 1 fully saturated rings. The second-order valence-corrected chi connectivity index (χ2v) is 7.46. The highest BCUT2D eigenvalue weighted by Gasteiger charge is 2.34. The van der Waals surface area contributed by atoms with Gasteiger partial charge < -0.3 is 18.9 Å². The van der Waals surface area contributed by atoms with Crippen LogP contribution in [0.3, 0.4) is 0 Å². The molecule has 2 aliphatic heterocycles. The summed E-state index contributed by atoms with van der Waals surface area (Å²) in [5.74, 6) is 2.45. The van der Waals surface area contributed by atoms with E-state index in [-0.39, 0.29) is 18.4 Å². The largest absolute Gasteiger partial charge is 0.485 e. The van der Waals surface area contributed by atoms with Crippen molar-refractivity contribution in [2.24, 2.45) is 5.92 Å². The number of carbonyl (C=O) groups is 1. The van der Waals surface area contributed by atoms with Gasteiger partial charge in [-0.05, 0) is 30.9 Å². The highest BCUT2D eigenvalue weighted by Crippen LogP contribution is 2.32. The Morgan fingerprint density at radius 3 is 2.97 bits per heavy atom. The third-order valence-electron chi connectivity index (χ3n) is 5.34. The number of benzene rings is 1. The van der Waals surface area contributed by atoms with Crippen LogP contribution in [0.4, 0.5) is 0 Å². The fourth-order valence-electron chi connectivity index (χ4n) is 3.88. The molecule has 0 radical (unpaired) electrons. The Morgan fingerprint density at radius 2 is 2.10 bits per heavy atom. The minimum Gasteiger partial charge on any atom is -0.485 e. The molecule has 1 amide bonds. The van der Waals surface area contributed by atoms with Crippen molar-refractivity contribution < 1.29 is 18.8 Å². The standard InChI is InChI=1S/C21H21N5O4/c27-21(18-13-28-16-5-1-2-6-17(16)29-18)26-9-3-4-14(12-26)10-19-24-20(25-30-19)15-11-22-7-8-23-15/h1-2,5-8,11,14,18H,3-4,9-10,12-13H2. The number of hydrogen-bond acceptors (Lipinski definition) is 8. The average molecular weight is 407 g/mol. The summed E-state index contributed by atoms with van der Waals surface area (Å²) in [5.41, 5.74) is 0.572. The molecule has 3 aromatic rings. The van der Waals surface area contributed by atoms with Gasteiger partial charge >= 0.3 is 0 Å². The van der Waals surface area contributed by atoms with Crippen LogP contribution in [0.15, 0.2) is 47.4 Å². The lowest BCUT2D eigenvalue weighted by Gasteiger charge is -2.35. The molecule has 154 valence electrons. The molecule has 0 saturated carbocycles. The molecule has 2 atom stereocenters. The van der Waals surface area contributed by atoms with E-state index < -0.39 is 6.10 Å². The predicted octanol–water partition coefficient (Wildman–Crippen LogP) is 2.15. The van der Waals surface area contributed by atoms with Crippen molar-refractivity contribution in [1.29, 1.82) is 0 Å². The fourth-order valence-corrected chi connectivity index (χ4v) is 3.88. The molecule has 30 heavy (non-hydrogen) atoms. The van der Waals surface area contributed by atoms with Crippen molar-refractivity contribution in [2.75, 3.05) is 19.7 Å². The number of amides is 1. The molecule has 2 aromatic heterocycles. The molecular weight excluding hydrogens is 386 g/mol. The van der Waals surface area contributed by atoms with Gasteiger partial charge in [0.1, 0.15) is 12.3 Å². The van der Waals surface area contributed by atoms with E-state index in [1.807, 2.05) is 29.2 Å². The van der Waals surface area contributed by atoms with Crippen molar-refractivity contribution in [3.63, 3.8) is 0 Å². The fraction of sp³-hybridized carbons (Fsp3) is 0.381. The molecule has 0 N–H and O–H groups in total. The SMILES string of the molecule is O=C(C1COc2ccccc2O1)N1CCCC(Cc2nc(-c3cnccn3)no2)C1. The molecule has 2 unspecified atom stereocenters. The van der Waals surface area contributed by atoms with E-state index in [1.165, 1.54) is 0 Å². The minimum atomic E-state index is -0.620. The smallest absolute Gasteiger partial charge is 0.267 e. The number of fused-ring (bicyclic) bond motifs is 1. The van der Waals surface area contributed by atoms with Gasteiger partial charge in [-0.3, -0.25) is 9.78 Å². The maximum absolute atomic E-state index is 13.0. The van der Waals surface area contributed by atoms with Gasteiger partial charge in [-0.2, -0.15) is 4.98 Å². The van der Waals surface area contributed by atoms with Crippen LogP contribution >= 0.6 is 0 Å². The predicted molar refractivity (Wildman–Crippen MR) is 105 cm³/mol. The maximum atomic E-state index is 13.0. The van der Waals surface area contributed by atoms with E-state index in [9.17, 15) is 4.79 Å². The second kappa shape index (κ2) is 8.10. The van der Waals surface area contributed by atoms with Gasteiger partial charge in [0.2, 0.25) is 17.8 Å². The Hall–Kier alpha value is -3.49. The monoisotopic (exact) mass is 407 g/mol. The molecule has 9 nitrogen and oxygen atoms in total. The summed E-state index contributed by atoms with van der Waals surface area (Å²) >= 11 is 0. The third kappa shape index (κ3) is 3.83. The summed E-state index contributed by atoms with van der Waals surface area (Å²) < 4.78 is 17.0. The Bertz CT molecular complexity index is 1030. The van der Waals surface area contributed by atoms with Crippen LogP contribution in [-0.4, -0.2) is 56.7 Å². The lowest BCUT2D eigenvalue weighted by atomic mass is 9.94. The van der Waals surface area contributed by atoms with Crippen molar-refractivity contribution in [3.05, 3.63) is 48.7 Å². The summed E-state index contributed by atoms with van der Waals surface area (Å²) in [7, 11) is 0. The van der Waals surface area contributed by atoms with Gasteiger partial charge in [-0.15, -0.1) is 0 Å². The van der Waals surface area contributed by atoms with Crippen LogP contribution in [0, 0.1) is 5.92 Å². The van der Waals surface area contributed by atoms with E-state index in [2.05, 4.69) is 20.1 Å². The summed E-state index contributed by atoms with van der Waals surface area (Å²) in [6.07, 6.45) is 6.69. The maximum Gasteiger partial charge on any atom is 0.267 e. The Morgan fingerprint density at radius 1 is 1.20 bits per heavy atom. The molecular formula is C21H21N5O4. The van der Waals surface area contributed by atoms with E-state index in [4.69, 9.17) is 14.0 Å². The summed E-state index contributed by atoms with van der Waals surface area (Å²) in [6, 6.07) is 7.41. The number of carbonyl (C=O) groups excluding carboxylic acids is 1. The number of aromatic nitrogens is 4. The van der Waals surface area contributed by atoms with Gasteiger partial charge in [0.05, 0.1) is 6.20 Å². The van der Waals surface area contributed by atoms with Gasteiger partial charge in [0, 0.05) is 31.9 Å². The minimum absolute atomic E-state index is 0.0417. The van der Waals surface area contributed by atoms with E-state index in [0.717, 1.165) is 12.8 Å². The van der Waals surface area contributed by atoms with Gasteiger partial charge in [-0.25, -0.2) is 4.98 Å². The Labute approximate surface area is 173 Å². The number of rotatable bonds is 4. The molecule has 9 heteroatoms. The zero-order valence-corrected chi connectivity index (χ0v) is 16.3. The van der Waals surface area contributed by atoms with Crippen molar-refractivity contribution >= 4 is 5.91 Å². The average Bonchev–Trinajstić information content (AvgIpc) is 3.27. The highest BCUT2D eigenvalue weighted by atomic mass is 16.6.